The maximum atomic E-state index is 12.1. The van der Waals surface area contributed by atoms with Gasteiger partial charge in [-0.25, -0.2) is 4.98 Å². The summed E-state index contributed by atoms with van der Waals surface area (Å²) in [5.74, 6) is 1.18. The molecule has 1 aliphatic heterocycles. The van der Waals surface area contributed by atoms with Crippen LogP contribution in [0.25, 0.3) is 0 Å². The maximum absolute atomic E-state index is 12.1. The van der Waals surface area contributed by atoms with E-state index >= 15 is 0 Å². The van der Waals surface area contributed by atoms with Crippen molar-refractivity contribution in [2.24, 2.45) is 0 Å². The molecular formula is C16H20N4O3. The van der Waals surface area contributed by atoms with Crippen LogP contribution in [-0.4, -0.2) is 40.3 Å². The Kier molecular flexibility index (Phi) is 4.57. The smallest absolute Gasteiger partial charge is 0.258 e. The van der Waals surface area contributed by atoms with E-state index in [0.717, 1.165) is 23.3 Å². The summed E-state index contributed by atoms with van der Waals surface area (Å²) in [6.07, 6.45) is 1.88. The minimum Gasteiger partial charge on any atom is -0.483 e. The Morgan fingerprint density at radius 3 is 3.13 bits per heavy atom. The fourth-order valence-electron chi connectivity index (χ4n) is 2.61. The predicted octanol–water partition coefficient (Wildman–Crippen LogP) is 1.45. The van der Waals surface area contributed by atoms with Crippen molar-refractivity contribution >= 4 is 5.91 Å². The van der Waals surface area contributed by atoms with Gasteiger partial charge in [0.15, 0.2) is 12.4 Å². The molecule has 1 amide bonds. The molecule has 0 aliphatic carbocycles. The highest BCUT2D eigenvalue weighted by molar-refractivity contribution is 5.78. The van der Waals surface area contributed by atoms with Crippen LogP contribution >= 0.6 is 0 Å². The van der Waals surface area contributed by atoms with Crippen LogP contribution in [-0.2, 0) is 9.53 Å². The lowest BCUT2D eigenvalue weighted by Crippen LogP contribution is -2.39. The van der Waals surface area contributed by atoms with Crippen LogP contribution < -0.4 is 10.1 Å². The summed E-state index contributed by atoms with van der Waals surface area (Å²) in [6.45, 7) is 4.50. The Labute approximate surface area is 134 Å². The normalized spacial score (nSPS) is 20.4. The number of H-pyrrole nitrogens is 1. The van der Waals surface area contributed by atoms with Crippen molar-refractivity contribution in [2.75, 3.05) is 13.2 Å². The first kappa shape index (κ1) is 15.5. The lowest BCUT2D eigenvalue weighted by Gasteiger charge is -2.18. The zero-order chi connectivity index (χ0) is 16.2. The van der Waals surface area contributed by atoms with Crippen LogP contribution in [0, 0.1) is 13.8 Å². The molecule has 2 atom stereocenters. The Morgan fingerprint density at radius 2 is 2.35 bits per heavy atom. The molecule has 7 heteroatoms. The van der Waals surface area contributed by atoms with Crippen molar-refractivity contribution in [3.05, 3.63) is 41.5 Å². The first-order valence-corrected chi connectivity index (χ1v) is 7.60. The van der Waals surface area contributed by atoms with Crippen LogP contribution in [0.15, 0.2) is 24.5 Å². The van der Waals surface area contributed by atoms with Crippen molar-refractivity contribution in [2.45, 2.75) is 32.4 Å². The van der Waals surface area contributed by atoms with E-state index in [4.69, 9.17) is 9.47 Å². The monoisotopic (exact) mass is 316 g/mol. The number of hydrogen-bond acceptors (Lipinski definition) is 5. The Hall–Kier alpha value is -2.41. The number of carbonyl (C=O) groups is 1. The predicted molar refractivity (Wildman–Crippen MR) is 83.0 cm³/mol. The largest absolute Gasteiger partial charge is 0.483 e. The zero-order valence-corrected chi connectivity index (χ0v) is 13.2. The SMILES string of the molecule is Cc1ccc(C)c(OCC(=O)N[C@H]2CCO[C@H]2c2ncn[nH]2)c1. The van der Waals surface area contributed by atoms with Crippen molar-refractivity contribution in [1.82, 2.24) is 20.5 Å². The number of carbonyl (C=O) groups excluding carboxylic acids is 1. The molecule has 23 heavy (non-hydrogen) atoms. The van der Waals surface area contributed by atoms with Gasteiger partial charge in [0.2, 0.25) is 0 Å². The quantitative estimate of drug-likeness (QED) is 0.871. The van der Waals surface area contributed by atoms with Gasteiger partial charge in [-0.05, 0) is 37.5 Å². The molecule has 7 nitrogen and oxygen atoms in total. The van der Waals surface area contributed by atoms with E-state index < -0.39 is 0 Å². The molecule has 1 saturated heterocycles. The molecular weight excluding hydrogens is 296 g/mol. The number of benzene rings is 1. The molecule has 2 heterocycles. The lowest BCUT2D eigenvalue weighted by molar-refractivity contribution is -0.124. The molecule has 0 bridgehead atoms. The van der Waals surface area contributed by atoms with Crippen molar-refractivity contribution in [3.8, 4) is 5.75 Å². The molecule has 3 rings (SSSR count). The topological polar surface area (TPSA) is 89.1 Å². The van der Waals surface area contributed by atoms with E-state index in [9.17, 15) is 4.79 Å². The minimum atomic E-state index is -0.290. The van der Waals surface area contributed by atoms with E-state index in [1.54, 1.807) is 0 Å². The first-order chi connectivity index (χ1) is 11.1. The second-order valence-corrected chi connectivity index (χ2v) is 5.68. The van der Waals surface area contributed by atoms with Gasteiger partial charge in [0, 0.05) is 6.61 Å². The van der Waals surface area contributed by atoms with Crippen LogP contribution in [0.4, 0.5) is 0 Å². The highest BCUT2D eigenvalue weighted by Crippen LogP contribution is 2.26. The molecule has 1 aromatic heterocycles. The van der Waals surface area contributed by atoms with E-state index in [-0.39, 0.29) is 24.7 Å². The maximum Gasteiger partial charge on any atom is 0.258 e. The van der Waals surface area contributed by atoms with Gasteiger partial charge in [-0.3, -0.25) is 9.89 Å². The number of rotatable bonds is 5. The fourth-order valence-corrected chi connectivity index (χ4v) is 2.61. The molecule has 0 radical (unpaired) electrons. The Balaban J connectivity index is 1.56. The molecule has 1 aromatic carbocycles. The van der Waals surface area contributed by atoms with Gasteiger partial charge in [0.25, 0.3) is 5.91 Å². The van der Waals surface area contributed by atoms with Crippen LogP contribution in [0.1, 0.15) is 29.5 Å². The number of aryl methyl sites for hydroxylation is 2. The summed E-state index contributed by atoms with van der Waals surface area (Å²) < 4.78 is 11.2. The highest BCUT2D eigenvalue weighted by atomic mass is 16.5. The third-order valence-corrected chi connectivity index (χ3v) is 3.84. The summed E-state index contributed by atoms with van der Waals surface area (Å²) in [7, 11) is 0. The van der Waals surface area contributed by atoms with Gasteiger partial charge in [0.05, 0.1) is 6.04 Å². The lowest BCUT2D eigenvalue weighted by atomic mass is 10.1. The number of amides is 1. The van der Waals surface area contributed by atoms with Gasteiger partial charge in [-0.1, -0.05) is 12.1 Å². The Bertz CT molecular complexity index is 672. The van der Waals surface area contributed by atoms with Gasteiger partial charge in [-0.15, -0.1) is 0 Å². The van der Waals surface area contributed by atoms with E-state index in [2.05, 4.69) is 20.5 Å². The van der Waals surface area contributed by atoms with E-state index in [1.807, 2.05) is 32.0 Å². The summed E-state index contributed by atoms with van der Waals surface area (Å²) in [6, 6.07) is 5.80. The van der Waals surface area contributed by atoms with Gasteiger partial charge >= 0.3 is 0 Å². The van der Waals surface area contributed by atoms with Gasteiger partial charge in [0.1, 0.15) is 18.2 Å². The molecule has 0 unspecified atom stereocenters. The first-order valence-electron chi connectivity index (χ1n) is 7.60. The number of ether oxygens (including phenoxy) is 2. The summed E-state index contributed by atoms with van der Waals surface area (Å²) >= 11 is 0. The second-order valence-electron chi connectivity index (χ2n) is 5.68. The highest BCUT2D eigenvalue weighted by Gasteiger charge is 2.33. The summed E-state index contributed by atoms with van der Waals surface area (Å²) in [4.78, 5) is 16.2. The average molecular weight is 316 g/mol. The van der Waals surface area contributed by atoms with Gasteiger partial charge < -0.3 is 14.8 Å². The number of hydrogen-bond donors (Lipinski definition) is 2. The summed E-state index contributed by atoms with van der Waals surface area (Å²) in [5.41, 5.74) is 2.10. The number of nitrogens with zero attached hydrogens (tertiary/aromatic N) is 2. The van der Waals surface area contributed by atoms with Gasteiger partial charge in [-0.2, -0.15) is 5.10 Å². The molecule has 0 spiro atoms. The second kappa shape index (κ2) is 6.78. The Morgan fingerprint density at radius 1 is 1.48 bits per heavy atom. The summed E-state index contributed by atoms with van der Waals surface area (Å²) in [5, 5.41) is 9.55. The molecule has 0 saturated carbocycles. The number of aromatic amines is 1. The third-order valence-electron chi connectivity index (χ3n) is 3.84. The standard InChI is InChI=1S/C16H20N4O3/c1-10-3-4-11(2)13(7-10)23-8-14(21)19-12-5-6-22-15(12)16-17-9-18-20-16/h3-4,7,9,12,15H,5-6,8H2,1-2H3,(H,19,21)(H,17,18,20)/t12-,15+/m0/s1. The zero-order valence-electron chi connectivity index (χ0n) is 13.2. The van der Waals surface area contributed by atoms with Crippen LogP contribution in [0.2, 0.25) is 0 Å². The fraction of sp³-hybridized carbons (Fsp3) is 0.438. The average Bonchev–Trinajstić information content (AvgIpc) is 3.19. The number of aromatic nitrogens is 3. The van der Waals surface area contributed by atoms with Crippen LogP contribution in [0.5, 0.6) is 5.75 Å². The van der Waals surface area contributed by atoms with E-state index in [0.29, 0.717) is 12.4 Å². The molecule has 122 valence electrons. The molecule has 2 N–H and O–H groups in total. The van der Waals surface area contributed by atoms with Crippen molar-refractivity contribution in [3.63, 3.8) is 0 Å². The van der Waals surface area contributed by atoms with Crippen LogP contribution in [0.3, 0.4) is 0 Å². The minimum absolute atomic E-state index is 0.0239. The molecule has 1 fully saturated rings. The van der Waals surface area contributed by atoms with Crippen molar-refractivity contribution < 1.29 is 14.3 Å². The van der Waals surface area contributed by atoms with Crippen molar-refractivity contribution in [1.29, 1.82) is 0 Å². The van der Waals surface area contributed by atoms with E-state index in [1.165, 1.54) is 6.33 Å². The third kappa shape index (κ3) is 3.68. The number of nitrogens with one attached hydrogen (secondary N) is 2. The molecule has 1 aliphatic rings. The molecule has 2 aromatic rings.